The number of hydrogen-bond donors (Lipinski definition) is 6. The molecule has 184 valence electrons. The second kappa shape index (κ2) is 11.8. The van der Waals surface area contributed by atoms with E-state index in [4.69, 9.17) is 14.2 Å². The van der Waals surface area contributed by atoms with Crippen molar-refractivity contribution < 1.29 is 44.5 Å². The molecule has 1 fully saturated rings. The van der Waals surface area contributed by atoms with Crippen LogP contribution < -0.4 is 14.8 Å². The van der Waals surface area contributed by atoms with Gasteiger partial charge in [0.05, 0.1) is 13.7 Å². The highest BCUT2D eigenvalue weighted by molar-refractivity contribution is 5.91. The molecule has 0 aliphatic carbocycles. The van der Waals surface area contributed by atoms with Gasteiger partial charge in [-0.3, -0.25) is 4.79 Å². The molecule has 5 atom stereocenters. The Hall–Kier alpha value is -3.15. The predicted octanol–water partition coefficient (Wildman–Crippen LogP) is -0.0484. The average molecular weight is 475 g/mol. The molecule has 1 aliphatic heterocycles. The van der Waals surface area contributed by atoms with Crippen molar-refractivity contribution >= 4 is 12.0 Å². The molecule has 34 heavy (non-hydrogen) atoms. The van der Waals surface area contributed by atoms with Gasteiger partial charge in [-0.1, -0.05) is 18.2 Å². The standard InChI is InChI=1S/C24H29NO9/c1-32-18-12-15(4-8-17(18)27)5-9-20(28)25-11-10-14-2-6-16(7-3-14)33-24-23(31)22(30)21(29)19(13-26)34-24/h2-9,12,19,21-24,26-27,29-31H,10-11,13H2,1H3,(H,25,28)/t19-,21-,22+,23-,24-/m1/s1. The van der Waals surface area contributed by atoms with Crippen LogP contribution >= 0.6 is 0 Å². The van der Waals surface area contributed by atoms with Crippen molar-refractivity contribution in [2.75, 3.05) is 20.3 Å². The average Bonchev–Trinajstić information content (AvgIpc) is 2.84. The summed E-state index contributed by atoms with van der Waals surface area (Å²) in [5, 5.41) is 51.4. The van der Waals surface area contributed by atoms with Crippen molar-refractivity contribution in [2.45, 2.75) is 37.1 Å². The SMILES string of the molecule is COc1cc(C=CC(=O)NCCc2ccc(O[C@@H]3O[C@H](CO)[C@@H](O)[C@H](O)[C@H]3O)cc2)ccc1O. The molecule has 2 aromatic carbocycles. The van der Waals surface area contributed by atoms with Gasteiger partial charge in [-0.05, 0) is 47.9 Å². The molecule has 1 saturated heterocycles. The van der Waals surface area contributed by atoms with E-state index >= 15 is 0 Å². The van der Waals surface area contributed by atoms with Gasteiger partial charge in [0.25, 0.3) is 0 Å². The number of carbonyl (C=O) groups is 1. The van der Waals surface area contributed by atoms with Crippen molar-refractivity contribution in [3.63, 3.8) is 0 Å². The quantitative estimate of drug-likeness (QED) is 0.274. The van der Waals surface area contributed by atoms with Crippen LogP contribution in [-0.4, -0.2) is 82.4 Å². The number of aliphatic hydroxyl groups excluding tert-OH is 4. The molecule has 0 radical (unpaired) electrons. The number of hydrogen-bond acceptors (Lipinski definition) is 9. The summed E-state index contributed by atoms with van der Waals surface area (Å²) in [6.45, 7) is -0.136. The largest absolute Gasteiger partial charge is 0.504 e. The maximum Gasteiger partial charge on any atom is 0.244 e. The fourth-order valence-corrected chi connectivity index (χ4v) is 3.39. The first-order valence-electron chi connectivity index (χ1n) is 10.7. The molecule has 2 aromatic rings. The van der Waals surface area contributed by atoms with Crippen LogP contribution in [0.3, 0.4) is 0 Å². The topological polar surface area (TPSA) is 158 Å². The van der Waals surface area contributed by atoms with Crippen molar-refractivity contribution in [3.05, 3.63) is 59.7 Å². The molecular weight excluding hydrogens is 446 g/mol. The Balaban J connectivity index is 1.46. The van der Waals surface area contributed by atoms with Crippen molar-refractivity contribution in [2.24, 2.45) is 0 Å². The summed E-state index contributed by atoms with van der Waals surface area (Å²) in [6, 6.07) is 11.6. The van der Waals surface area contributed by atoms with E-state index < -0.39 is 37.3 Å². The van der Waals surface area contributed by atoms with E-state index in [0.717, 1.165) is 5.56 Å². The van der Waals surface area contributed by atoms with Crippen molar-refractivity contribution in [1.29, 1.82) is 0 Å². The molecular formula is C24H29NO9. The molecule has 3 rings (SSSR count). The third kappa shape index (κ3) is 6.46. The number of aromatic hydroxyl groups is 1. The predicted molar refractivity (Wildman–Crippen MR) is 121 cm³/mol. The summed E-state index contributed by atoms with van der Waals surface area (Å²) in [4.78, 5) is 12.0. The van der Waals surface area contributed by atoms with Gasteiger partial charge in [-0.25, -0.2) is 0 Å². The number of benzene rings is 2. The number of phenolic OH excluding ortho intramolecular Hbond substituents is 1. The lowest BCUT2D eigenvalue weighted by Gasteiger charge is -2.39. The Morgan fingerprint density at radius 1 is 1.09 bits per heavy atom. The fraction of sp³-hybridized carbons (Fsp3) is 0.375. The Labute approximate surface area is 196 Å². The Kier molecular flexibility index (Phi) is 8.85. The van der Waals surface area contributed by atoms with Gasteiger partial charge in [0.1, 0.15) is 30.2 Å². The molecule has 0 bridgehead atoms. The minimum Gasteiger partial charge on any atom is -0.504 e. The van der Waals surface area contributed by atoms with Gasteiger partial charge in [0.15, 0.2) is 11.5 Å². The number of carbonyl (C=O) groups excluding carboxylic acids is 1. The second-order valence-corrected chi connectivity index (χ2v) is 7.76. The highest BCUT2D eigenvalue weighted by Crippen LogP contribution is 2.27. The Morgan fingerprint density at radius 2 is 1.82 bits per heavy atom. The number of phenols is 1. The molecule has 0 aromatic heterocycles. The second-order valence-electron chi connectivity index (χ2n) is 7.76. The maximum absolute atomic E-state index is 12.0. The van der Waals surface area contributed by atoms with E-state index in [9.17, 15) is 30.3 Å². The first-order valence-corrected chi connectivity index (χ1v) is 10.7. The summed E-state index contributed by atoms with van der Waals surface area (Å²) in [6.07, 6.45) is -3.17. The highest BCUT2D eigenvalue weighted by atomic mass is 16.7. The van der Waals surface area contributed by atoms with Crippen LogP contribution in [-0.2, 0) is 16.0 Å². The number of amides is 1. The van der Waals surface area contributed by atoms with Gasteiger partial charge in [0.2, 0.25) is 12.2 Å². The highest BCUT2D eigenvalue weighted by Gasteiger charge is 2.44. The number of nitrogens with one attached hydrogen (secondary N) is 1. The van der Waals surface area contributed by atoms with Gasteiger partial charge in [0, 0.05) is 12.6 Å². The molecule has 1 heterocycles. The molecule has 10 heteroatoms. The van der Waals surface area contributed by atoms with E-state index in [1.165, 1.54) is 19.3 Å². The van der Waals surface area contributed by atoms with Crippen LogP contribution in [0.1, 0.15) is 11.1 Å². The third-order valence-corrected chi connectivity index (χ3v) is 5.37. The zero-order valence-electron chi connectivity index (χ0n) is 18.6. The summed E-state index contributed by atoms with van der Waals surface area (Å²) in [5.41, 5.74) is 1.63. The van der Waals surface area contributed by atoms with Crippen LogP contribution in [0.4, 0.5) is 0 Å². The molecule has 1 amide bonds. The lowest BCUT2D eigenvalue weighted by atomic mass is 9.99. The van der Waals surface area contributed by atoms with Crippen LogP contribution in [0.5, 0.6) is 17.2 Å². The van der Waals surface area contributed by atoms with Crippen LogP contribution in [0.2, 0.25) is 0 Å². The normalized spacial score (nSPS) is 24.7. The van der Waals surface area contributed by atoms with E-state index in [1.807, 2.05) is 0 Å². The molecule has 6 N–H and O–H groups in total. The summed E-state index contributed by atoms with van der Waals surface area (Å²) in [5.74, 6) is 0.439. The van der Waals surface area contributed by atoms with E-state index in [2.05, 4.69) is 5.32 Å². The van der Waals surface area contributed by atoms with Crippen LogP contribution in [0.25, 0.3) is 6.08 Å². The molecule has 10 nitrogen and oxygen atoms in total. The van der Waals surface area contributed by atoms with Crippen LogP contribution in [0.15, 0.2) is 48.5 Å². The first-order chi connectivity index (χ1) is 16.3. The van der Waals surface area contributed by atoms with E-state index in [1.54, 1.807) is 42.5 Å². The monoisotopic (exact) mass is 475 g/mol. The molecule has 0 spiro atoms. The fourth-order valence-electron chi connectivity index (χ4n) is 3.39. The molecule has 0 unspecified atom stereocenters. The van der Waals surface area contributed by atoms with Gasteiger partial charge < -0.3 is 45.1 Å². The van der Waals surface area contributed by atoms with Gasteiger partial charge >= 0.3 is 0 Å². The minimum absolute atomic E-state index is 0.0220. The van der Waals surface area contributed by atoms with Gasteiger partial charge in [-0.2, -0.15) is 0 Å². The number of ether oxygens (including phenoxy) is 3. The van der Waals surface area contributed by atoms with Crippen LogP contribution in [0, 0.1) is 0 Å². The minimum atomic E-state index is -1.51. The summed E-state index contributed by atoms with van der Waals surface area (Å²) < 4.78 is 15.9. The lowest BCUT2D eigenvalue weighted by Crippen LogP contribution is -2.60. The maximum atomic E-state index is 12.0. The lowest BCUT2D eigenvalue weighted by molar-refractivity contribution is -0.277. The summed E-state index contributed by atoms with van der Waals surface area (Å²) in [7, 11) is 1.45. The number of methoxy groups -OCH3 is 1. The summed E-state index contributed by atoms with van der Waals surface area (Å²) >= 11 is 0. The molecule has 0 saturated carbocycles. The third-order valence-electron chi connectivity index (χ3n) is 5.37. The smallest absolute Gasteiger partial charge is 0.244 e. The number of aliphatic hydroxyl groups is 4. The first kappa shape index (κ1) is 25.5. The van der Waals surface area contributed by atoms with Crippen molar-refractivity contribution in [1.82, 2.24) is 5.32 Å². The zero-order chi connectivity index (χ0) is 24.7. The Bertz CT molecular complexity index is 977. The van der Waals surface area contributed by atoms with E-state index in [0.29, 0.717) is 30.0 Å². The van der Waals surface area contributed by atoms with Crippen molar-refractivity contribution in [3.8, 4) is 17.2 Å². The number of rotatable bonds is 9. The van der Waals surface area contributed by atoms with Gasteiger partial charge in [-0.15, -0.1) is 0 Å². The van der Waals surface area contributed by atoms with E-state index in [-0.39, 0.29) is 11.7 Å². The Morgan fingerprint density at radius 3 is 2.50 bits per heavy atom. The molecule has 1 aliphatic rings. The zero-order valence-corrected chi connectivity index (χ0v) is 18.6.